The van der Waals surface area contributed by atoms with Crippen LogP contribution in [0.2, 0.25) is 5.02 Å². The fourth-order valence-corrected chi connectivity index (χ4v) is 2.27. The molecule has 6 nitrogen and oxygen atoms in total. The Hall–Kier alpha value is -3.30. The zero-order chi connectivity index (χ0) is 18.2. The predicted octanol–water partition coefficient (Wildman–Crippen LogP) is 3.78. The van der Waals surface area contributed by atoms with Crippen LogP contribution in [0.3, 0.4) is 0 Å². The summed E-state index contributed by atoms with van der Waals surface area (Å²) >= 11 is 5.88. The maximum atomic E-state index is 5.88. The molecule has 1 aromatic heterocycles. The molecule has 2 aromatic carbocycles. The maximum Gasteiger partial charge on any atom is 0.177 e. The molecule has 3 rings (SSSR count). The molecule has 0 aliphatic carbocycles. The predicted molar refractivity (Wildman–Crippen MR) is 99.3 cm³/mol. The zero-order valence-corrected chi connectivity index (χ0v) is 14.5. The SMILES string of the molecule is C#CCO/N=C(/Cn1cncn1)c1ccc(Oc2ccc(Cl)cc2)cc1. The Morgan fingerprint density at radius 1 is 1.12 bits per heavy atom. The zero-order valence-electron chi connectivity index (χ0n) is 13.7. The van der Waals surface area contributed by atoms with Crippen LogP contribution in [0.4, 0.5) is 0 Å². The summed E-state index contributed by atoms with van der Waals surface area (Å²) in [4.78, 5) is 9.06. The molecule has 0 aliphatic rings. The minimum Gasteiger partial charge on any atom is -0.457 e. The highest BCUT2D eigenvalue weighted by Gasteiger charge is 2.08. The summed E-state index contributed by atoms with van der Waals surface area (Å²) in [5.74, 6) is 3.78. The summed E-state index contributed by atoms with van der Waals surface area (Å²) in [6.45, 7) is 0.501. The van der Waals surface area contributed by atoms with Gasteiger partial charge in [0.1, 0.15) is 29.9 Å². The molecule has 0 atom stereocenters. The summed E-state index contributed by atoms with van der Waals surface area (Å²) in [6.07, 6.45) is 8.26. The summed E-state index contributed by atoms with van der Waals surface area (Å²) in [5.41, 5.74) is 1.53. The van der Waals surface area contributed by atoms with Gasteiger partial charge in [0.2, 0.25) is 0 Å². The average molecular weight is 367 g/mol. The Morgan fingerprint density at radius 3 is 2.42 bits per heavy atom. The van der Waals surface area contributed by atoms with Gasteiger partial charge in [-0.3, -0.25) is 0 Å². The van der Waals surface area contributed by atoms with Crippen molar-refractivity contribution in [1.29, 1.82) is 0 Å². The lowest BCUT2D eigenvalue weighted by molar-refractivity contribution is 0.179. The molecule has 0 fully saturated rings. The molecule has 26 heavy (non-hydrogen) atoms. The normalized spacial score (nSPS) is 11.0. The lowest BCUT2D eigenvalue weighted by Crippen LogP contribution is -2.13. The smallest absolute Gasteiger partial charge is 0.177 e. The summed E-state index contributed by atoms with van der Waals surface area (Å²) in [7, 11) is 0. The van der Waals surface area contributed by atoms with Crippen LogP contribution in [0.1, 0.15) is 5.56 Å². The highest BCUT2D eigenvalue weighted by molar-refractivity contribution is 6.30. The van der Waals surface area contributed by atoms with E-state index in [1.54, 1.807) is 23.1 Å². The third-order valence-electron chi connectivity index (χ3n) is 3.34. The largest absolute Gasteiger partial charge is 0.457 e. The molecular weight excluding hydrogens is 352 g/mol. The molecule has 0 N–H and O–H groups in total. The van der Waals surface area contributed by atoms with Crippen molar-refractivity contribution in [1.82, 2.24) is 14.8 Å². The van der Waals surface area contributed by atoms with Crippen molar-refractivity contribution in [3.8, 4) is 23.8 Å². The van der Waals surface area contributed by atoms with E-state index >= 15 is 0 Å². The highest BCUT2D eigenvalue weighted by Crippen LogP contribution is 2.23. The lowest BCUT2D eigenvalue weighted by atomic mass is 10.1. The van der Waals surface area contributed by atoms with Crippen LogP contribution < -0.4 is 4.74 Å². The first-order valence-electron chi connectivity index (χ1n) is 7.73. The Labute approximate surface area is 156 Å². The fourth-order valence-electron chi connectivity index (χ4n) is 2.14. The van der Waals surface area contributed by atoms with Crippen molar-refractivity contribution >= 4 is 17.3 Å². The summed E-state index contributed by atoms with van der Waals surface area (Å²) in [5, 5.41) is 8.86. The third-order valence-corrected chi connectivity index (χ3v) is 3.59. The van der Waals surface area contributed by atoms with Crippen molar-refractivity contribution in [2.75, 3.05) is 6.61 Å². The molecule has 0 spiro atoms. The number of terminal acetylenes is 1. The number of hydrogen-bond donors (Lipinski definition) is 0. The number of nitrogens with zero attached hydrogens (tertiary/aromatic N) is 4. The van der Waals surface area contributed by atoms with Gasteiger partial charge in [0.25, 0.3) is 0 Å². The van der Waals surface area contributed by atoms with Crippen molar-refractivity contribution in [2.45, 2.75) is 6.54 Å². The summed E-state index contributed by atoms with van der Waals surface area (Å²) < 4.78 is 7.44. The van der Waals surface area contributed by atoms with Gasteiger partial charge in [-0.2, -0.15) is 5.10 Å². The Morgan fingerprint density at radius 2 is 1.81 bits per heavy atom. The minimum absolute atomic E-state index is 0.0959. The molecule has 0 unspecified atom stereocenters. The number of oxime groups is 1. The molecule has 0 radical (unpaired) electrons. The van der Waals surface area contributed by atoms with E-state index in [1.807, 2.05) is 36.4 Å². The molecular formula is C19H15ClN4O2. The van der Waals surface area contributed by atoms with Crippen LogP contribution in [-0.2, 0) is 11.4 Å². The molecule has 1 heterocycles. The van der Waals surface area contributed by atoms with Crippen LogP contribution >= 0.6 is 11.6 Å². The van der Waals surface area contributed by atoms with Crippen LogP contribution in [0.25, 0.3) is 0 Å². The first-order valence-corrected chi connectivity index (χ1v) is 8.11. The van der Waals surface area contributed by atoms with E-state index < -0.39 is 0 Å². The Kier molecular flexibility index (Phi) is 5.86. The van der Waals surface area contributed by atoms with E-state index in [-0.39, 0.29) is 6.61 Å². The van der Waals surface area contributed by atoms with Crippen molar-refractivity contribution in [3.63, 3.8) is 0 Å². The number of halogens is 1. The number of hydrogen-bond acceptors (Lipinski definition) is 5. The van der Waals surface area contributed by atoms with Gasteiger partial charge in [0, 0.05) is 10.6 Å². The third kappa shape index (κ3) is 4.85. The van der Waals surface area contributed by atoms with E-state index in [9.17, 15) is 0 Å². The molecule has 0 bridgehead atoms. The van der Waals surface area contributed by atoms with Gasteiger partial charge in [0.05, 0.1) is 6.54 Å². The first kappa shape index (κ1) is 17.5. The first-order chi connectivity index (χ1) is 12.7. The van der Waals surface area contributed by atoms with E-state index in [1.165, 1.54) is 6.33 Å². The number of ether oxygens (including phenoxy) is 1. The fraction of sp³-hybridized carbons (Fsp3) is 0.105. The standard InChI is InChI=1S/C19H15ClN4O2/c1-2-11-25-23-19(12-24-14-21-13-22-24)15-3-7-17(8-4-15)26-18-9-5-16(20)6-10-18/h1,3-10,13-14H,11-12H2/b23-19-. The molecule has 0 amide bonds. The second kappa shape index (κ2) is 8.70. The van der Waals surface area contributed by atoms with E-state index in [4.69, 9.17) is 27.6 Å². The van der Waals surface area contributed by atoms with Crippen LogP contribution in [0.15, 0.2) is 66.3 Å². The van der Waals surface area contributed by atoms with E-state index in [2.05, 4.69) is 21.2 Å². The Bertz CT molecular complexity index is 898. The lowest BCUT2D eigenvalue weighted by Gasteiger charge is -2.09. The second-order valence-electron chi connectivity index (χ2n) is 5.19. The minimum atomic E-state index is 0.0959. The highest BCUT2D eigenvalue weighted by atomic mass is 35.5. The van der Waals surface area contributed by atoms with E-state index in [0.29, 0.717) is 28.8 Å². The van der Waals surface area contributed by atoms with Gasteiger partial charge in [-0.1, -0.05) is 22.7 Å². The van der Waals surface area contributed by atoms with E-state index in [0.717, 1.165) is 5.56 Å². The molecule has 0 saturated carbocycles. The monoisotopic (exact) mass is 366 g/mol. The molecule has 0 saturated heterocycles. The molecule has 7 heteroatoms. The molecule has 3 aromatic rings. The van der Waals surface area contributed by atoms with Gasteiger partial charge in [-0.15, -0.1) is 6.42 Å². The summed E-state index contributed by atoms with van der Waals surface area (Å²) in [6, 6.07) is 14.6. The van der Waals surface area contributed by atoms with Crippen LogP contribution in [-0.4, -0.2) is 27.1 Å². The molecule has 130 valence electrons. The topological polar surface area (TPSA) is 61.5 Å². The Balaban J connectivity index is 1.75. The van der Waals surface area contributed by atoms with Gasteiger partial charge in [-0.25, -0.2) is 9.67 Å². The quantitative estimate of drug-likeness (QED) is 0.276. The van der Waals surface area contributed by atoms with Gasteiger partial charge in [-0.05, 0) is 48.5 Å². The van der Waals surface area contributed by atoms with Crippen LogP contribution in [0.5, 0.6) is 11.5 Å². The maximum absolute atomic E-state index is 5.88. The van der Waals surface area contributed by atoms with Crippen molar-refractivity contribution in [2.24, 2.45) is 5.16 Å². The van der Waals surface area contributed by atoms with Gasteiger partial charge in [0.15, 0.2) is 6.61 Å². The van der Waals surface area contributed by atoms with Crippen LogP contribution in [0, 0.1) is 12.3 Å². The number of benzene rings is 2. The van der Waals surface area contributed by atoms with Crippen molar-refractivity contribution < 1.29 is 9.57 Å². The average Bonchev–Trinajstić information content (AvgIpc) is 3.17. The van der Waals surface area contributed by atoms with Gasteiger partial charge >= 0.3 is 0 Å². The number of rotatable bonds is 7. The number of aromatic nitrogens is 3. The molecule has 0 aliphatic heterocycles. The second-order valence-corrected chi connectivity index (χ2v) is 5.63. The van der Waals surface area contributed by atoms with Crippen molar-refractivity contribution in [3.05, 3.63) is 71.8 Å². The van der Waals surface area contributed by atoms with Gasteiger partial charge < -0.3 is 9.57 Å².